The third-order valence-electron chi connectivity index (χ3n) is 4.37. The molecule has 0 aliphatic carbocycles. The number of piperazine rings is 1. The zero-order chi connectivity index (χ0) is 18.5. The van der Waals surface area contributed by atoms with Gasteiger partial charge in [-0.2, -0.15) is 0 Å². The number of hydrogen-bond acceptors (Lipinski definition) is 4. The van der Waals surface area contributed by atoms with Crippen molar-refractivity contribution in [2.45, 2.75) is 0 Å². The lowest BCUT2D eigenvalue weighted by Gasteiger charge is -2.36. The molecule has 2 aromatic carbocycles. The molecule has 0 bridgehead atoms. The minimum absolute atomic E-state index is 0.0579. The summed E-state index contributed by atoms with van der Waals surface area (Å²) in [5.41, 5.74) is 1.71. The number of ether oxygens (including phenoxy) is 1. The van der Waals surface area contributed by atoms with E-state index < -0.39 is 0 Å². The summed E-state index contributed by atoms with van der Waals surface area (Å²) in [6, 6.07) is 13.0. The normalized spacial score (nSPS) is 15.0. The summed E-state index contributed by atoms with van der Waals surface area (Å²) in [7, 11) is 1.56. The van der Waals surface area contributed by atoms with Gasteiger partial charge in [-0.3, -0.25) is 9.69 Å². The van der Waals surface area contributed by atoms with E-state index in [0.29, 0.717) is 23.0 Å². The quantitative estimate of drug-likeness (QED) is 0.839. The minimum atomic E-state index is -0.0579. The largest absolute Gasteiger partial charge is 0.495 e. The molecule has 0 spiro atoms. The molecule has 1 aliphatic heterocycles. The topological polar surface area (TPSA) is 44.8 Å². The monoisotopic (exact) mass is 393 g/mol. The summed E-state index contributed by atoms with van der Waals surface area (Å²) < 4.78 is 5.11. The molecule has 26 heavy (non-hydrogen) atoms. The highest BCUT2D eigenvalue weighted by atomic mass is 35.5. The lowest BCUT2D eigenvalue weighted by molar-refractivity contribution is -0.117. The Morgan fingerprint density at radius 2 is 1.81 bits per heavy atom. The molecule has 3 rings (SSSR count). The molecule has 5 nitrogen and oxygen atoms in total. The van der Waals surface area contributed by atoms with E-state index in [0.717, 1.165) is 36.9 Å². The highest BCUT2D eigenvalue weighted by Gasteiger charge is 2.20. The van der Waals surface area contributed by atoms with Crippen LogP contribution < -0.4 is 15.0 Å². The van der Waals surface area contributed by atoms with E-state index in [1.54, 1.807) is 25.3 Å². The van der Waals surface area contributed by atoms with Crippen molar-refractivity contribution in [1.82, 2.24) is 4.90 Å². The summed E-state index contributed by atoms with van der Waals surface area (Å²) in [5, 5.41) is 4.11. The maximum atomic E-state index is 12.3. The smallest absolute Gasteiger partial charge is 0.238 e. The lowest BCUT2D eigenvalue weighted by atomic mass is 10.2. The molecule has 1 fully saturated rings. The van der Waals surface area contributed by atoms with Crippen LogP contribution in [0.25, 0.3) is 0 Å². The van der Waals surface area contributed by atoms with Gasteiger partial charge >= 0.3 is 0 Å². The zero-order valence-corrected chi connectivity index (χ0v) is 16.1. The second-order valence-electron chi connectivity index (χ2n) is 6.11. The molecule has 0 aromatic heterocycles. The number of halogens is 2. The Morgan fingerprint density at radius 1 is 1.08 bits per heavy atom. The number of hydrogen-bond donors (Lipinski definition) is 1. The van der Waals surface area contributed by atoms with Crippen LogP contribution in [0.1, 0.15) is 0 Å². The fraction of sp³-hybridized carbons (Fsp3) is 0.316. The van der Waals surface area contributed by atoms with E-state index in [9.17, 15) is 4.79 Å². The van der Waals surface area contributed by atoms with Gasteiger partial charge in [0.15, 0.2) is 0 Å². The molecule has 0 saturated carbocycles. The molecule has 1 N–H and O–H groups in total. The Labute approximate surface area is 163 Å². The van der Waals surface area contributed by atoms with Gasteiger partial charge in [-0.15, -0.1) is 0 Å². The Balaban J connectivity index is 1.50. The van der Waals surface area contributed by atoms with Gasteiger partial charge in [0.05, 0.1) is 29.4 Å². The van der Waals surface area contributed by atoms with Gasteiger partial charge in [0.2, 0.25) is 5.91 Å². The molecular weight excluding hydrogens is 373 g/mol. The third-order valence-corrected chi connectivity index (χ3v) is 4.98. The molecule has 0 radical (unpaired) electrons. The Bertz CT molecular complexity index is 777. The Kier molecular flexibility index (Phi) is 6.25. The molecule has 1 saturated heterocycles. The van der Waals surface area contributed by atoms with Crippen LogP contribution in [0.3, 0.4) is 0 Å². The first-order valence-corrected chi connectivity index (χ1v) is 9.17. The fourth-order valence-electron chi connectivity index (χ4n) is 3.00. The van der Waals surface area contributed by atoms with Crippen LogP contribution in [-0.2, 0) is 4.79 Å². The molecule has 0 atom stereocenters. The van der Waals surface area contributed by atoms with Crippen LogP contribution in [0, 0.1) is 0 Å². The molecular formula is C19H21Cl2N3O2. The van der Waals surface area contributed by atoms with Gasteiger partial charge in [0.1, 0.15) is 5.75 Å². The summed E-state index contributed by atoms with van der Waals surface area (Å²) in [6.45, 7) is 3.64. The number of para-hydroxylation sites is 1. The van der Waals surface area contributed by atoms with E-state index >= 15 is 0 Å². The second kappa shape index (κ2) is 8.62. The van der Waals surface area contributed by atoms with E-state index in [1.807, 2.05) is 24.3 Å². The fourth-order valence-corrected chi connectivity index (χ4v) is 3.52. The summed E-state index contributed by atoms with van der Waals surface area (Å²) >= 11 is 12.4. The molecule has 1 amide bonds. The van der Waals surface area contributed by atoms with Crippen molar-refractivity contribution in [1.29, 1.82) is 0 Å². The number of methoxy groups -OCH3 is 1. The number of nitrogens with zero attached hydrogens (tertiary/aromatic N) is 2. The molecule has 2 aromatic rings. The first-order valence-electron chi connectivity index (χ1n) is 8.42. The number of carbonyl (C=O) groups excluding carboxylic acids is 1. The average Bonchev–Trinajstić information content (AvgIpc) is 2.63. The second-order valence-corrected chi connectivity index (χ2v) is 6.93. The van der Waals surface area contributed by atoms with Crippen molar-refractivity contribution in [3.63, 3.8) is 0 Å². The predicted molar refractivity (Wildman–Crippen MR) is 107 cm³/mol. The SMILES string of the molecule is COc1ccc(NC(=O)CN2CCN(c3ccccc3Cl)CC2)cc1Cl. The van der Waals surface area contributed by atoms with Crippen LogP contribution in [0.4, 0.5) is 11.4 Å². The number of benzene rings is 2. The van der Waals surface area contributed by atoms with Crippen LogP contribution in [0.15, 0.2) is 42.5 Å². The van der Waals surface area contributed by atoms with Gasteiger partial charge < -0.3 is 15.0 Å². The standard InChI is InChI=1S/C19H21Cl2N3O2/c1-26-18-7-6-14(12-16(18)21)22-19(25)13-23-8-10-24(11-9-23)17-5-3-2-4-15(17)20/h2-7,12H,8-11,13H2,1H3,(H,22,25). The van der Waals surface area contributed by atoms with E-state index in [-0.39, 0.29) is 5.91 Å². The van der Waals surface area contributed by atoms with Gasteiger partial charge in [0, 0.05) is 31.9 Å². The van der Waals surface area contributed by atoms with Crippen molar-refractivity contribution >= 4 is 40.5 Å². The minimum Gasteiger partial charge on any atom is -0.495 e. The maximum Gasteiger partial charge on any atom is 0.238 e. The summed E-state index contributed by atoms with van der Waals surface area (Å²) in [4.78, 5) is 16.7. The predicted octanol–water partition coefficient (Wildman–Crippen LogP) is 3.76. The van der Waals surface area contributed by atoms with Crippen molar-refractivity contribution in [3.05, 3.63) is 52.5 Å². The van der Waals surface area contributed by atoms with E-state index in [1.165, 1.54) is 0 Å². The van der Waals surface area contributed by atoms with Crippen molar-refractivity contribution in [2.75, 3.05) is 50.1 Å². The number of amides is 1. The number of rotatable bonds is 5. The highest BCUT2D eigenvalue weighted by molar-refractivity contribution is 6.33. The number of nitrogens with one attached hydrogen (secondary N) is 1. The van der Waals surface area contributed by atoms with Crippen molar-refractivity contribution in [2.24, 2.45) is 0 Å². The van der Waals surface area contributed by atoms with Gasteiger partial charge in [-0.05, 0) is 30.3 Å². The van der Waals surface area contributed by atoms with E-state index in [4.69, 9.17) is 27.9 Å². The van der Waals surface area contributed by atoms with Gasteiger partial charge in [-0.25, -0.2) is 0 Å². The third kappa shape index (κ3) is 4.61. The van der Waals surface area contributed by atoms with Crippen LogP contribution in [-0.4, -0.2) is 50.6 Å². The van der Waals surface area contributed by atoms with Gasteiger partial charge in [-0.1, -0.05) is 35.3 Å². The number of anilines is 2. The first kappa shape index (κ1) is 18.8. The van der Waals surface area contributed by atoms with Crippen LogP contribution in [0.2, 0.25) is 10.0 Å². The molecule has 138 valence electrons. The Morgan fingerprint density at radius 3 is 2.46 bits per heavy atom. The molecule has 1 aliphatic rings. The van der Waals surface area contributed by atoms with Crippen LogP contribution in [0.5, 0.6) is 5.75 Å². The Hall–Kier alpha value is -1.95. The summed E-state index contributed by atoms with van der Waals surface area (Å²) in [5.74, 6) is 0.526. The lowest BCUT2D eigenvalue weighted by Crippen LogP contribution is -2.48. The number of carbonyl (C=O) groups is 1. The summed E-state index contributed by atoms with van der Waals surface area (Å²) in [6.07, 6.45) is 0. The van der Waals surface area contributed by atoms with E-state index in [2.05, 4.69) is 15.1 Å². The van der Waals surface area contributed by atoms with Crippen molar-refractivity contribution in [3.8, 4) is 5.75 Å². The van der Waals surface area contributed by atoms with Gasteiger partial charge in [0.25, 0.3) is 0 Å². The molecule has 7 heteroatoms. The maximum absolute atomic E-state index is 12.3. The first-order chi connectivity index (χ1) is 12.6. The van der Waals surface area contributed by atoms with Crippen molar-refractivity contribution < 1.29 is 9.53 Å². The molecule has 1 heterocycles. The highest BCUT2D eigenvalue weighted by Crippen LogP contribution is 2.27. The average molecular weight is 394 g/mol. The van der Waals surface area contributed by atoms with Crippen LogP contribution >= 0.6 is 23.2 Å². The molecule has 0 unspecified atom stereocenters. The zero-order valence-electron chi connectivity index (χ0n) is 14.5.